The molecule has 5 amide bonds. The second-order valence-corrected chi connectivity index (χ2v) is 8.73. The van der Waals surface area contributed by atoms with Gasteiger partial charge in [0.25, 0.3) is 5.91 Å². The van der Waals surface area contributed by atoms with Crippen LogP contribution >= 0.6 is 0 Å². The molecule has 0 radical (unpaired) electrons. The second kappa shape index (κ2) is 10.0. The number of hydrogen-bond acceptors (Lipinski definition) is 5. The first kappa shape index (κ1) is 28.5. The van der Waals surface area contributed by atoms with Crippen LogP contribution in [0.1, 0.15) is 25.0 Å². The van der Waals surface area contributed by atoms with E-state index in [2.05, 4.69) is 5.32 Å². The van der Waals surface area contributed by atoms with Gasteiger partial charge in [0.2, 0.25) is 0 Å². The second-order valence-electron chi connectivity index (χ2n) is 8.73. The van der Waals surface area contributed by atoms with Crippen molar-refractivity contribution in [1.82, 2.24) is 15.4 Å². The number of rotatable bonds is 5. The molecule has 0 aromatic heterocycles. The first-order valence-electron chi connectivity index (χ1n) is 10.7. The Balaban J connectivity index is 1.97. The summed E-state index contributed by atoms with van der Waals surface area (Å²) < 4.78 is 77.5. The molecule has 0 spiro atoms. The number of nitrogens with one attached hydrogen (secondary N) is 2. The molecule has 0 saturated carbocycles. The van der Waals surface area contributed by atoms with Crippen LogP contribution in [0.2, 0.25) is 0 Å². The van der Waals surface area contributed by atoms with Gasteiger partial charge in [-0.25, -0.2) is 15.4 Å². The Morgan fingerprint density at radius 2 is 1.45 bits per heavy atom. The van der Waals surface area contributed by atoms with Crippen LogP contribution in [0.25, 0.3) is 0 Å². The molecule has 1 saturated heterocycles. The molecule has 1 aliphatic rings. The molecule has 5 N–H and O–H groups in total. The van der Waals surface area contributed by atoms with Gasteiger partial charge < -0.3 is 10.2 Å². The van der Waals surface area contributed by atoms with Crippen molar-refractivity contribution in [1.29, 1.82) is 0 Å². The Bertz CT molecular complexity index is 1200. The molecule has 1 fully saturated rings. The van der Waals surface area contributed by atoms with Gasteiger partial charge in [0, 0.05) is 11.4 Å². The van der Waals surface area contributed by atoms with E-state index in [4.69, 9.17) is 5.84 Å². The maximum atomic E-state index is 13.3. The number of carbonyl (C=O) groups excluding carboxylic acids is 3. The zero-order valence-corrected chi connectivity index (χ0v) is 19.8. The summed E-state index contributed by atoms with van der Waals surface area (Å²) in [7, 11) is 0. The number of carbonyl (C=O) groups is 3. The van der Waals surface area contributed by atoms with Crippen LogP contribution in [0.5, 0.6) is 0 Å². The fourth-order valence-electron chi connectivity index (χ4n) is 3.90. The van der Waals surface area contributed by atoms with E-state index in [1.165, 1.54) is 13.8 Å². The molecule has 10 nitrogen and oxygen atoms in total. The van der Waals surface area contributed by atoms with Gasteiger partial charge >= 0.3 is 24.4 Å². The predicted molar refractivity (Wildman–Crippen MR) is 120 cm³/mol. The van der Waals surface area contributed by atoms with Crippen molar-refractivity contribution in [3.05, 3.63) is 59.7 Å². The molecule has 1 unspecified atom stereocenters. The average Bonchev–Trinajstić information content (AvgIpc) is 3.02. The minimum atomic E-state index is -4.68. The lowest BCUT2D eigenvalue weighted by Crippen LogP contribution is -2.58. The highest BCUT2D eigenvalue weighted by Crippen LogP contribution is 2.39. The monoisotopic (exact) mass is 548 g/mol. The largest absolute Gasteiger partial charge is 0.416 e. The van der Waals surface area contributed by atoms with E-state index < -0.39 is 59.7 Å². The van der Waals surface area contributed by atoms with Gasteiger partial charge in [-0.3, -0.25) is 20.3 Å². The normalized spacial score (nSPS) is 17.4. The Kier molecular flexibility index (Phi) is 7.52. The van der Waals surface area contributed by atoms with Crippen LogP contribution in [-0.4, -0.2) is 51.4 Å². The fourth-order valence-corrected chi connectivity index (χ4v) is 3.90. The summed E-state index contributed by atoms with van der Waals surface area (Å²) in [5, 5.41) is 13.1. The molecule has 2 aromatic carbocycles. The average molecular weight is 548 g/mol. The van der Waals surface area contributed by atoms with E-state index in [1.54, 1.807) is 0 Å². The van der Waals surface area contributed by atoms with Crippen LogP contribution in [0.3, 0.4) is 0 Å². The first-order chi connectivity index (χ1) is 17.5. The zero-order chi connectivity index (χ0) is 28.6. The van der Waals surface area contributed by atoms with E-state index in [0.717, 1.165) is 34.1 Å². The summed E-state index contributed by atoms with van der Waals surface area (Å²) in [6, 6.07) is 4.29. The van der Waals surface area contributed by atoms with E-state index in [-0.39, 0.29) is 16.4 Å². The van der Waals surface area contributed by atoms with Crippen molar-refractivity contribution in [3.8, 4) is 0 Å². The summed E-state index contributed by atoms with van der Waals surface area (Å²) in [6.45, 7) is 2.11. The van der Waals surface area contributed by atoms with Gasteiger partial charge in [-0.2, -0.15) is 31.4 Å². The lowest BCUT2D eigenvalue weighted by molar-refractivity contribution is -0.138. The lowest BCUT2D eigenvalue weighted by Gasteiger charge is -2.38. The minimum Gasteiger partial charge on any atom is -0.306 e. The number of benzene rings is 2. The highest BCUT2D eigenvalue weighted by Gasteiger charge is 2.56. The van der Waals surface area contributed by atoms with Gasteiger partial charge in [-0.15, -0.1) is 0 Å². The third kappa shape index (κ3) is 5.60. The van der Waals surface area contributed by atoms with Crippen molar-refractivity contribution in [2.24, 2.45) is 5.84 Å². The number of halogens is 6. The Hall–Kier alpha value is -4.05. The molecular formula is C22H22F6N6O4. The van der Waals surface area contributed by atoms with Gasteiger partial charge in [0.15, 0.2) is 6.17 Å². The van der Waals surface area contributed by atoms with Crippen LogP contribution in [0.4, 0.5) is 47.3 Å². The van der Waals surface area contributed by atoms with Crippen LogP contribution in [0, 0.1) is 0 Å². The maximum Gasteiger partial charge on any atom is 0.416 e. The molecule has 0 aliphatic carbocycles. The molecule has 1 heterocycles. The van der Waals surface area contributed by atoms with E-state index in [9.17, 15) is 45.9 Å². The molecule has 2 aromatic rings. The van der Waals surface area contributed by atoms with E-state index >= 15 is 0 Å². The molecule has 1 aliphatic heterocycles. The SMILES string of the molecule is CC1(C)C(N(O)C(=O)Nc2ccc(C(F)(F)F)cc2)N(c2ccc(C(F)(F)F)cc2)C(=O)N1CC(=O)NN. The van der Waals surface area contributed by atoms with E-state index in [0.29, 0.717) is 24.3 Å². The minimum absolute atomic E-state index is 0.0631. The standard InChI is InChI=1S/C22H22F6N6O4/c1-20(2)17(34(38)18(36)30-14-7-3-12(4-8-14)21(23,24)25)33(19(37)32(20)11-16(35)31-29)15-9-5-13(6-10-15)22(26,27)28/h3-10,17,38H,11,29H2,1-2H3,(H,30,36)(H,31,35). The third-order valence-corrected chi connectivity index (χ3v) is 5.85. The summed E-state index contributed by atoms with van der Waals surface area (Å²) in [6.07, 6.45) is -10.9. The summed E-state index contributed by atoms with van der Waals surface area (Å²) >= 11 is 0. The van der Waals surface area contributed by atoms with Crippen molar-refractivity contribution in [2.45, 2.75) is 37.9 Å². The molecule has 1 atom stereocenters. The van der Waals surface area contributed by atoms with Gasteiger partial charge in [0.05, 0.1) is 16.7 Å². The quantitative estimate of drug-likeness (QED) is 0.148. The smallest absolute Gasteiger partial charge is 0.306 e. The number of hydrogen-bond donors (Lipinski definition) is 4. The van der Waals surface area contributed by atoms with Gasteiger partial charge in [-0.1, -0.05) is 0 Å². The third-order valence-electron chi connectivity index (χ3n) is 5.85. The number of alkyl halides is 6. The lowest BCUT2D eigenvalue weighted by atomic mass is 9.99. The Morgan fingerprint density at radius 3 is 1.89 bits per heavy atom. The molecule has 206 valence electrons. The number of hydrazine groups is 1. The summed E-state index contributed by atoms with van der Waals surface area (Å²) in [4.78, 5) is 39.9. The number of anilines is 2. The predicted octanol–water partition coefficient (Wildman–Crippen LogP) is 3.98. The number of hydroxylamine groups is 2. The fraction of sp³-hybridized carbons (Fsp3) is 0.318. The highest BCUT2D eigenvalue weighted by atomic mass is 19.4. The van der Waals surface area contributed by atoms with Crippen LogP contribution in [0.15, 0.2) is 48.5 Å². The van der Waals surface area contributed by atoms with Crippen LogP contribution < -0.4 is 21.5 Å². The Morgan fingerprint density at radius 1 is 0.974 bits per heavy atom. The number of urea groups is 2. The van der Waals surface area contributed by atoms with Gasteiger partial charge in [-0.05, 0) is 62.4 Å². The van der Waals surface area contributed by atoms with E-state index in [1.807, 2.05) is 5.43 Å². The number of amides is 5. The molecular weight excluding hydrogens is 526 g/mol. The highest BCUT2D eigenvalue weighted by molar-refractivity contribution is 5.99. The number of nitrogens with zero attached hydrogens (tertiary/aromatic N) is 3. The van der Waals surface area contributed by atoms with Crippen molar-refractivity contribution in [2.75, 3.05) is 16.8 Å². The first-order valence-corrected chi connectivity index (χ1v) is 10.7. The molecule has 16 heteroatoms. The summed E-state index contributed by atoms with van der Waals surface area (Å²) in [5.41, 5.74) is -2.01. The van der Waals surface area contributed by atoms with Crippen LogP contribution in [-0.2, 0) is 17.1 Å². The van der Waals surface area contributed by atoms with Crippen molar-refractivity contribution < 1.29 is 45.9 Å². The molecule has 0 bridgehead atoms. The zero-order valence-electron chi connectivity index (χ0n) is 19.8. The van der Waals surface area contributed by atoms with Crippen molar-refractivity contribution in [3.63, 3.8) is 0 Å². The number of nitrogens with two attached hydrogens (primary N) is 1. The Labute approximate surface area is 211 Å². The maximum absolute atomic E-state index is 13.3. The topological polar surface area (TPSA) is 131 Å². The molecule has 3 rings (SSSR count). The molecule has 38 heavy (non-hydrogen) atoms. The summed E-state index contributed by atoms with van der Waals surface area (Å²) in [5.74, 6) is 4.28. The van der Waals surface area contributed by atoms with Gasteiger partial charge in [0.1, 0.15) is 6.54 Å². The van der Waals surface area contributed by atoms with Crippen molar-refractivity contribution >= 4 is 29.3 Å².